The van der Waals surface area contributed by atoms with Crippen molar-refractivity contribution in [3.63, 3.8) is 0 Å². The number of ketones is 1. The third-order valence-corrected chi connectivity index (χ3v) is 7.26. The molecule has 172 valence electrons. The number of benzene rings is 2. The molecular weight excluding hydrogens is 430 g/mol. The van der Waals surface area contributed by atoms with Gasteiger partial charge in [-0.25, -0.2) is 4.79 Å². The van der Waals surface area contributed by atoms with Crippen molar-refractivity contribution in [3.8, 4) is 0 Å². The summed E-state index contributed by atoms with van der Waals surface area (Å²) in [6.45, 7) is 6.40. The smallest absolute Gasteiger partial charge is 0.336 e. The number of nitrogens with one attached hydrogen (secondary N) is 1. The van der Waals surface area contributed by atoms with Crippen LogP contribution in [0.15, 0.2) is 77.1 Å². The van der Waals surface area contributed by atoms with Crippen LogP contribution < -0.4 is 5.32 Å². The van der Waals surface area contributed by atoms with Gasteiger partial charge in [-0.15, -0.1) is 0 Å². The molecule has 5 heteroatoms. The Morgan fingerprint density at radius 2 is 1.76 bits per heavy atom. The number of esters is 1. The van der Waals surface area contributed by atoms with Gasteiger partial charge in [0.2, 0.25) is 0 Å². The third kappa shape index (κ3) is 5.09. The molecule has 33 heavy (non-hydrogen) atoms. The zero-order chi connectivity index (χ0) is 23.4. The number of carbonyl (C=O) groups excluding carboxylic acids is 2. The summed E-state index contributed by atoms with van der Waals surface area (Å²) in [6.07, 6.45) is 1.20. The van der Waals surface area contributed by atoms with Gasteiger partial charge in [-0.1, -0.05) is 67.1 Å². The number of rotatable bonds is 7. The third-order valence-electron chi connectivity index (χ3n) is 6.39. The molecule has 2 atom stereocenters. The van der Waals surface area contributed by atoms with Gasteiger partial charge in [-0.2, -0.15) is 11.8 Å². The van der Waals surface area contributed by atoms with E-state index in [0.29, 0.717) is 24.2 Å². The lowest BCUT2D eigenvalue weighted by molar-refractivity contribution is -0.138. The molecule has 0 amide bonds. The average Bonchev–Trinajstić information content (AvgIpc) is 2.82. The molecule has 0 fully saturated rings. The molecule has 4 nitrogen and oxygen atoms in total. The molecular formula is C28H31NO3S. The van der Waals surface area contributed by atoms with Gasteiger partial charge in [0, 0.05) is 35.1 Å². The standard InChI is InChI=1S/C28H31NO3S/c1-4-33-15-14-32-28(31)25-19(3)29-23-16-22(20-8-6-5-7-9-20)17-24(30)27(23)26(25)21-12-10-18(2)11-13-21/h5-13,22,26,29H,4,14-17H2,1-3H3/t22-,26+/m0/s1. The van der Waals surface area contributed by atoms with Crippen LogP contribution in [0.4, 0.5) is 0 Å². The Morgan fingerprint density at radius 3 is 2.45 bits per heavy atom. The molecule has 1 heterocycles. The van der Waals surface area contributed by atoms with E-state index in [2.05, 4.69) is 24.4 Å². The Balaban J connectivity index is 1.70. The summed E-state index contributed by atoms with van der Waals surface area (Å²) >= 11 is 1.74. The summed E-state index contributed by atoms with van der Waals surface area (Å²) in [4.78, 5) is 26.8. The number of carbonyl (C=O) groups is 2. The molecule has 0 saturated carbocycles. The number of dihydropyridines is 1. The quantitative estimate of drug-likeness (QED) is 0.426. The second kappa shape index (κ2) is 10.4. The van der Waals surface area contributed by atoms with Crippen LogP contribution in [0.25, 0.3) is 0 Å². The summed E-state index contributed by atoms with van der Waals surface area (Å²) in [5.74, 6) is 1.24. The van der Waals surface area contributed by atoms with Crippen molar-refractivity contribution >= 4 is 23.5 Å². The lowest BCUT2D eigenvalue weighted by Crippen LogP contribution is -2.36. The normalized spacial score (nSPS) is 20.4. The molecule has 0 saturated heterocycles. The molecule has 0 spiro atoms. The topological polar surface area (TPSA) is 55.4 Å². The fourth-order valence-corrected chi connectivity index (χ4v) is 5.27. The first kappa shape index (κ1) is 23.4. The predicted octanol–water partition coefficient (Wildman–Crippen LogP) is 5.65. The second-order valence-corrected chi connectivity index (χ2v) is 10.1. The Bertz CT molecular complexity index is 1090. The molecule has 0 radical (unpaired) electrons. The van der Waals surface area contributed by atoms with Gasteiger partial charge in [0.1, 0.15) is 6.61 Å². The number of hydrogen-bond acceptors (Lipinski definition) is 5. The fraction of sp³-hybridized carbons (Fsp3) is 0.357. The molecule has 0 unspecified atom stereocenters. The van der Waals surface area contributed by atoms with Crippen molar-refractivity contribution in [2.45, 2.75) is 45.4 Å². The van der Waals surface area contributed by atoms with Crippen LogP contribution in [0.3, 0.4) is 0 Å². The number of Topliss-reactive ketones (excluding diaryl/α,β-unsaturated/α-hetero) is 1. The van der Waals surface area contributed by atoms with Gasteiger partial charge in [-0.05, 0) is 43.1 Å². The van der Waals surface area contributed by atoms with Gasteiger partial charge < -0.3 is 10.1 Å². The Hall–Kier alpha value is -2.79. The molecule has 1 N–H and O–H groups in total. The molecule has 2 aromatic carbocycles. The molecule has 2 aliphatic rings. The largest absolute Gasteiger partial charge is 0.461 e. The highest BCUT2D eigenvalue weighted by Crippen LogP contribution is 2.45. The van der Waals surface area contributed by atoms with Crippen LogP contribution in [0, 0.1) is 6.92 Å². The fourth-order valence-electron chi connectivity index (χ4n) is 4.78. The van der Waals surface area contributed by atoms with Gasteiger partial charge >= 0.3 is 5.97 Å². The van der Waals surface area contributed by atoms with Crippen molar-refractivity contribution in [2.24, 2.45) is 0 Å². The van der Waals surface area contributed by atoms with Crippen molar-refractivity contribution in [1.29, 1.82) is 0 Å². The SMILES string of the molecule is CCSCCOC(=O)C1=C(C)NC2=C(C(=O)C[C@@H](c3ccccc3)C2)[C@@H]1c1ccc(C)cc1. The number of hydrogen-bond donors (Lipinski definition) is 1. The van der Waals surface area contributed by atoms with Gasteiger partial charge in [-0.3, -0.25) is 4.79 Å². The number of aryl methyl sites for hydroxylation is 1. The predicted molar refractivity (Wildman–Crippen MR) is 134 cm³/mol. The number of allylic oxidation sites excluding steroid dienone is 3. The molecule has 2 aromatic rings. The van der Waals surface area contributed by atoms with E-state index in [-0.39, 0.29) is 17.7 Å². The summed E-state index contributed by atoms with van der Waals surface area (Å²) in [5.41, 5.74) is 6.23. The van der Waals surface area contributed by atoms with Crippen molar-refractivity contribution in [2.75, 3.05) is 18.1 Å². The van der Waals surface area contributed by atoms with Crippen LogP contribution >= 0.6 is 11.8 Å². The summed E-state index contributed by atoms with van der Waals surface area (Å²) in [7, 11) is 0. The van der Waals surface area contributed by atoms with E-state index in [0.717, 1.165) is 40.4 Å². The monoisotopic (exact) mass is 461 g/mol. The first-order chi connectivity index (χ1) is 16.0. The summed E-state index contributed by atoms with van der Waals surface area (Å²) in [5, 5.41) is 3.42. The lowest BCUT2D eigenvalue weighted by Gasteiger charge is -2.36. The molecule has 0 bridgehead atoms. The first-order valence-electron chi connectivity index (χ1n) is 11.6. The summed E-state index contributed by atoms with van der Waals surface area (Å²) in [6, 6.07) is 18.3. The van der Waals surface area contributed by atoms with E-state index in [1.165, 1.54) is 5.56 Å². The molecule has 4 rings (SSSR count). The highest BCUT2D eigenvalue weighted by molar-refractivity contribution is 7.99. The number of ether oxygens (including phenoxy) is 1. The summed E-state index contributed by atoms with van der Waals surface area (Å²) < 4.78 is 5.64. The second-order valence-electron chi connectivity index (χ2n) is 8.67. The van der Waals surface area contributed by atoms with E-state index in [1.54, 1.807) is 11.8 Å². The maximum atomic E-state index is 13.6. The maximum absolute atomic E-state index is 13.6. The minimum Gasteiger partial charge on any atom is -0.461 e. The van der Waals surface area contributed by atoms with E-state index in [4.69, 9.17) is 4.74 Å². The lowest BCUT2D eigenvalue weighted by atomic mass is 9.71. The zero-order valence-corrected chi connectivity index (χ0v) is 20.3. The first-order valence-corrected chi connectivity index (χ1v) is 12.8. The molecule has 1 aliphatic heterocycles. The van der Waals surface area contributed by atoms with Crippen LogP contribution in [-0.4, -0.2) is 29.9 Å². The van der Waals surface area contributed by atoms with Gasteiger partial charge in [0.15, 0.2) is 5.78 Å². The van der Waals surface area contributed by atoms with Crippen LogP contribution in [0.5, 0.6) is 0 Å². The minimum atomic E-state index is -0.405. The minimum absolute atomic E-state index is 0.0996. The van der Waals surface area contributed by atoms with E-state index in [1.807, 2.05) is 56.3 Å². The highest BCUT2D eigenvalue weighted by Gasteiger charge is 2.41. The van der Waals surface area contributed by atoms with Crippen LogP contribution in [0.2, 0.25) is 0 Å². The Labute approximate surface area is 200 Å². The van der Waals surface area contributed by atoms with Gasteiger partial charge in [0.05, 0.1) is 5.57 Å². The van der Waals surface area contributed by atoms with Crippen LogP contribution in [0.1, 0.15) is 55.2 Å². The number of thioether (sulfide) groups is 1. The average molecular weight is 462 g/mol. The molecule has 1 aliphatic carbocycles. The van der Waals surface area contributed by atoms with E-state index >= 15 is 0 Å². The highest BCUT2D eigenvalue weighted by atomic mass is 32.2. The van der Waals surface area contributed by atoms with Crippen molar-refractivity contribution in [3.05, 3.63) is 93.8 Å². The zero-order valence-electron chi connectivity index (χ0n) is 19.5. The van der Waals surface area contributed by atoms with Gasteiger partial charge in [0.25, 0.3) is 0 Å². The molecule has 0 aromatic heterocycles. The maximum Gasteiger partial charge on any atom is 0.336 e. The Morgan fingerprint density at radius 1 is 1.03 bits per heavy atom. The van der Waals surface area contributed by atoms with Crippen molar-refractivity contribution < 1.29 is 14.3 Å². The van der Waals surface area contributed by atoms with E-state index < -0.39 is 5.92 Å². The van der Waals surface area contributed by atoms with E-state index in [9.17, 15) is 9.59 Å². The Kier molecular flexibility index (Phi) is 7.39. The van der Waals surface area contributed by atoms with Crippen LogP contribution in [-0.2, 0) is 14.3 Å². The van der Waals surface area contributed by atoms with Crippen molar-refractivity contribution in [1.82, 2.24) is 5.32 Å².